The zero-order chi connectivity index (χ0) is 15.7. The van der Waals surface area contributed by atoms with Gasteiger partial charge in [-0.05, 0) is 46.9 Å². The number of benzene rings is 1. The van der Waals surface area contributed by atoms with Crippen LogP contribution in [0.1, 0.15) is 10.4 Å². The number of imidazole rings is 1. The van der Waals surface area contributed by atoms with E-state index in [1.807, 2.05) is 29.8 Å². The summed E-state index contributed by atoms with van der Waals surface area (Å²) in [5, 5.41) is 8.97. The topological polar surface area (TPSA) is 68.0 Å². The largest absolute Gasteiger partial charge is 0.478 e. The molecule has 0 unspecified atom stereocenters. The van der Waals surface area contributed by atoms with Gasteiger partial charge in [0, 0.05) is 18.8 Å². The Bertz CT molecular complexity index is 827. The van der Waals surface area contributed by atoms with Crippen molar-refractivity contribution in [1.29, 1.82) is 0 Å². The Hall–Kier alpha value is -2.22. The van der Waals surface area contributed by atoms with Crippen LogP contribution in [0.15, 0.2) is 48.7 Å². The summed E-state index contributed by atoms with van der Waals surface area (Å²) in [6.07, 6.45) is 1.73. The van der Waals surface area contributed by atoms with E-state index in [2.05, 4.69) is 32.6 Å². The Labute approximate surface area is 140 Å². The molecule has 0 saturated heterocycles. The standard InChI is InChI=1S/C16H12IN3O2/c1-20-14(17)13(10-5-7-11(8-6-10)16(21)22)19-15(20)12-4-2-3-9-18-12/h2-9H,1H3,(H,21,22). The lowest BCUT2D eigenvalue weighted by Gasteiger charge is -2.01. The third-order valence-electron chi connectivity index (χ3n) is 3.32. The molecule has 0 aliphatic carbocycles. The molecule has 0 atom stereocenters. The average Bonchev–Trinajstić information content (AvgIpc) is 2.84. The van der Waals surface area contributed by atoms with Crippen molar-refractivity contribution in [3.8, 4) is 22.8 Å². The van der Waals surface area contributed by atoms with Gasteiger partial charge in [0.2, 0.25) is 0 Å². The fraction of sp³-hybridized carbons (Fsp3) is 0.0625. The molecule has 1 N–H and O–H groups in total. The van der Waals surface area contributed by atoms with Crippen molar-refractivity contribution in [1.82, 2.24) is 14.5 Å². The van der Waals surface area contributed by atoms with Gasteiger partial charge in [-0.3, -0.25) is 4.98 Å². The Balaban J connectivity index is 2.07. The first-order valence-electron chi connectivity index (χ1n) is 6.55. The number of carboxylic acid groups (broad SMARTS) is 1. The minimum absolute atomic E-state index is 0.264. The van der Waals surface area contributed by atoms with Crippen LogP contribution in [0, 0.1) is 3.70 Å². The van der Waals surface area contributed by atoms with Crippen LogP contribution in [-0.2, 0) is 7.05 Å². The van der Waals surface area contributed by atoms with E-state index in [1.165, 1.54) is 0 Å². The van der Waals surface area contributed by atoms with Crippen LogP contribution in [0.5, 0.6) is 0 Å². The van der Waals surface area contributed by atoms with Gasteiger partial charge in [-0.2, -0.15) is 0 Å². The second-order valence-corrected chi connectivity index (χ2v) is 5.75. The van der Waals surface area contributed by atoms with Gasteiger partial charge in [0.05, 0.1) is 5.56 Å². The zero-order valence-electron chi connectivity index (χ0n) is 11.7. The molecule has 5 nitrogen and oxygen atoms in total. The van der Waals surface area contributed by atoms with Crippen LogP contribution in [0.2, 0.25) is 0 Å². The van der Waals surface area contributed by atoms with E-state index in [0.717, 1.165) is 26.5 Å². The number of pyridine rings is 1. The smallest absolute Gasteiger partial charge is 0.335 e. The van der Waals surface area contributed by atoms with Crippen molar-refractivity contribution in [2.24, 2.45) is 7.05 Å². The van der Waals surface area contributed by atoms with Gasteiger partial charge >= 0.3 is 5.97 Å². The van der Waals surface area contributed by atoms with E-state index in [0.29, 0.717) is 0 Å². The van der Waals surface area contributed by atoms with E-state index in [9.17, 15) is 4.79 Å². The molecule has 0 aliphatic heterocycles. The number of nitrogens with zero attached hydrogens (tertiary/aromatic N) is 3. The van der Waals surface area contributed by atoms with Crippen molar-refractivity contribution >= 4 is 28.6 Å². The van der Waals surface area contributed by atoms with Crippen LogP contribution in [0.3, 0.4) is 0 Å². The summed E-state index contributed by atoms with van der Waals surface area (Å²) in [6.45, 7) is 0. The fourth-order valence-corrected chi connectivity index (χ4v) is 2.82. The molecular formula is C16H12IN3O2. The van der Waals surface area contributed by atoms with E-state index in [-0.39, 0.29) is 5.56 Å². The SMILES string of the molecule is Cn1c(-c2ccccn2)nc(-c2ccc(C(=O)O)cc2)c1I. The summed E-state index contributed by atoms with van der Waals surface area (Å²) in [7, 11) is 1.94. The highest BCUT2D eigenvalue weighted by Crippen LogP contribution is 2.28. The van der Waals surface area contributed by atoms with Gasteiger partial charge in [0.1, 0.15) is 15.1 Å². The minimum Gasteiger partial charge on any atom is -0.478 e. The molecule has 0 bridgehead atoms. The second-order valence-electron chi connectivity index (χ2n) is 4.73. The molecule has 0 fully saturated rings. The third kappa shape index (κ3) is 2.61. The number of hydrogen-bond acceptors (Lipinski definition) is 3. The van der Waals surface area contributed by atoms with E-state index >= 15 is 0 Å². The Kier molecular flexibility index (Phi) is 3.93. The average molecular weight is 405 g/mol. The Morgan fingerprint density at radius 2 is 1.91 bits per heavy atom. The van der Waals surface area contributed by atoms with Crippen LogP contribution in [0.25, 0.3) is 22.8 Å². The summed E-state index contributed by atoms with van der Waals surface area (Å²) < 4.78 is 2.95. The molecule has 0 spiro atoms. The highest BCUT2D eigenvalue weighted by molar-refractivity contribution is 14.1. The monoisotopic (exact) mass is 405 g/mol. The molecule has 3 rings (SSSR count). The number of aromatic carboxylic acids is 1. The maximum atomic E-state index is 10.9. The van der Waals surface area contributed by atoms with Gasteiger partial charge in [-0.15, -0.1) is 0 Å². The summed E-state index contributed by atoms with van der Waals surface area (Å²) in [6, 6.07) is 12.4. The number of carboxylic acids is 1. The van der Waals surface area contributed by atoms with Crippen molar-refractivity contribution in [2.45, 2.75) is 0 Å². The number of halogens is 1. The van der Waals surface area contributed by atoms with Gasteiger partial charge in [0.15, 0.2) is 5.82 Å². The summed E-state index contributed by atoms with van der Waals surface area (Å²) in [5.41, 5.74) is 2.77. The molecule has 0 saturated carbocycles. The highest BCUT2D eigenvalue weighted by Gasteiger charge is 2.16. The first kappa shape index (κ1) is 14.7. The Morgan fingerprint density at radius 3 is 2.50 bits per heavy atom. The summed E-state index contributed by atoms with van der Waals surface area (Å²) >= 11 is 2.23. The molecule has 2 heterocycles. The lowest BCUT2D eigenvalue weighted by molar-refractivity contribution is 0.0697. The van der Waals surface area contributed by atoms with Crippen LogP contribution in [-0.4, -0.2) is 25.6 Å². The number of carbonyl (C=O) groups is 1. The van der Waals surface area contributed by atoms with Crippen LogP contribution >= 0.6 is 22.6 Å². The lowest BCUT2D eigenvalue weighted by Crippen LogP contribution is -1.96. The van der Waals surface area contributed by atoms with Crippen molar-refractivity contribution < 1.29 is 9.90 Å². The highest BCUT2D eigenvalue weighted by atomic mass is 127. The molecule has 1 aromatic carbocycles. The molecule has 0 radical (unpaired) electrons. The molecule has 0 amide bonds. The predicted octanol–water partition coefficient (Wildman–Crippen LogP) is 3.45. The summed E-state index contributed by atoms with van der Waals surface area (Å²) in [5.74, 6) is -0.154. The molecule has 2 aromatic heterocycles. The predicted molar refractivity (Wildman–Crippen MR) is 91.6 cm³/mol. The quantitative estimate of drug-likeness (QED) is 0.678. The van der Waals surface area contributed by atoms with Crippen molar-refractivity contribution in [2.75, 3.05) is 0 Å². The van der Waals surface area contributed by atoms with E-state index in [4.69, 9.17) is 5.11 Å². The Morgan fingerprint density at radius 1 is 1.18 bits per heavy atom. The molecular weight excluding hydrogens is 393 g/mol. The first-order valence-corrected chi connectivity index (χ1v) is 7.63. The van der Waals surface area contributed by atoms with Crippen molar-refractivity contribution in [3.63, 3.8) is 0 Å². The molecule has 110 valence electrons. The number of rotatable bonds is 3. The number of aromatic nitrogens is 3. The van der Waals surface area contributed by atoms with E-state index in [1.54, 1.807) is 30.5 Å². The van der Waals surface area contributed by atoms with Crippen LogP contribution < -0.4 is 0 Å². The molecule has 6 heteroatoms. The number of hydrogen-bond donors (Lipinski definition) is 1. The lowest BCUT2D eigenvalue weighted by atomic mass is 10.1. The molecule has 3 aromatic rings. The molecule has 22 heavy (non-hydrogen) atoms. The maximum Gasteiger partial charge on any atom is 0.335 e. The van der Waals surface area contributed by atoms with Crippen molar-refractivity contribution in [3.05, 3.63) is 57.9 Å². The summed E-state index contributed by atoms with van der Waals surface area (Å²) in [4.78, 5) is 19.9. The zero-order valence-corrected chi connectivity index (χ0v) is 13.9. The van der Waals surface area contributed by atoms with Gasteiger partial charge in [-0.1, -0.05) is 18.2 Å². The maximum absolute atomic E-state index is 10.9. The first-order chi connectivity index (χ1) is 10.6. The van der Waals surface area contributed by atoms with Gasteiger partial charge in [-0.25, -0.2) is 9.78 Å². The second kappa shape index (κ2) is 5.88. The van der Waals surface area contributed by atoms with Gasteiger partial charge in [0.25, 0.3) is 0 Å². The van der Waals surface area contributed by atoms with Crippen LogP contribution in [0.4, 0.5) is 0 Å². The molecule has 0 aliphatic rings. The van der Waals surface area contributed by atoms with E-state index < -0.39 is 5.97 Å². The minimum atomic E-state index is -0.934. The third-order valence-corrected chi connectivity index (χ3v) is 4.56. The normalized spacial score (nSPS) is 10.6. The van der Waals surface area contributed by atoms with Gasteiger partial charge < -0.3 is 9.67 Å². The fourth-order valence-electron chi connectivity index (χ4n) is 2.16.